The van der Waals surface area contributed by atoms with Crippen LogP contribution in [-0.2, 0) is 6.61 Å². The van der Waals surface area contributed by atoms with E-state index in [4.69, 9.17) is 9.84 Å². The molecular weight excluding hydrogens is 238 g/mol. The Hall–Kier alpha value is -2.31. The van der Waals surface area contributed by atoms with Gasteiger partial charge in [-0.15, -0.1) is 0 Å². The fourth-order valence-electron chi connectivity index (χ4n) is 1.64. The summed E-state index contributed by atoms with van der Waals surface area (Å²) in [5.74, 6) is 6.32. The third-order valence-electron chi connectivity index (χ3n) is 2.61. The minimum absolute atomic E-state index is 0.128. The molecule has 2 rings (SSSR count). The molecule has 0 fully saturated rings. The normalized spacial score (nSPS) is 9.58. The van der Waals surface area contributed by atoms with Crippen molar-refractivity contribution < 1.29 is 9.84 Å². The Morgan fingerprint density at radius 2 is 2.16 bits per heavy atom. The summed E-state index contributed by atoms with van der Waals surface area (Å²) >= 11 is 0. The highest BCUT2D eigenvalue weighted by Gasteiger charge is 2.00. The van der Waals surface area contributed by atoms with Crippen molar-refractivity contribution in [2.45, 2.75) is 13.5 Å². The Balaban J connectivity index is 2.04. The Morgan fingerprint density at radius 1 is 1.26 bits per heavy atom. The molecule has 0 unspecified atom stereocenters. The first-order valence-corrected chi connectivity index (χ1v) is 6.02. The minimum Gasteiger partial charge on any atom is -0.487 e. The second-order valence-electron chi connectivity index (χ2n) is 4.05. The third-order valence-corrected chi connectivity index (χ3v) is 2.61. The van der Waals surface area contributed by atoms with Crippen LogP contribution in [0.3, 0.4) is 0 Å². The zero-order valence-electron chi connectivity index (χ0n) is 10.8. The highest BCUT2D eigenvalue weighted by atomic mass is 16.5. The van der Waals surface area contributed by atoms with Gasteiger partial charge in [0.15, 0.2) is 0 Å². The molecule has 0 radical (unpaired) electrons. The topological polar surface area (TPSA) is 42.4 Å². The van der Waals surface area contributed by atoms with Gasteiger partial charge in [-0.3, -0.25) is 4.98 Å². The van der Waals surface area contributed by atoms with Crippen LogP contribution in [0.15, 0.2) is 42.6 Å². The average molecular weight is 253 g/mol. The maximum Gasteiger partial charge on any atom is 0.130 e. The summed E-state index contributed by atoms with van der Waals surface area (Å²) in [5.41, 5.74) is 2.82. The van der Waals surface area contributed by atoms with E-state index in [0.717, 1.165) is 22.6 Å². The summed E-state index contributed by atoms with van der Waals surface area (Å²) in [7, 11) is 0. The molecular formula is C16H15NO2. The monoisotopic (exact) mass is 253 g/mol. The maximum atomic E-state index is 8.68. The van der Waals surface area contributed by atoms with E-state index in [1.807, 2.05) is 43.3 Å². The lowest BCUT2D eigenvalue weighted by Crippen LogP contribution is -1.98. The predicted octanol–water partition coefficient (Wildman–Crippen LogP) is 2.31. The molecule has 3 heteroatoms. The van der Waals surface area contributed by atoms with Crippen molar-refractivity contribution in [1.29, 1.82) is 0 Å². The van der Waals surface area contributed by atoms with E-state index in [1.165, 1.54) is 0 Å². The minimum atomic E-state index is -0.128. The van der Waals surface area contributed by atoms with E-state index >= 15 is 0 Å². The standard InChI is InChI=1S/C16H15NO2/c1-13-11-16(8-7-14(13)5-4-10-18)19-12-15-6-2-3-9-17-15/h2-3,6-9,11,18H,10,12H2,1H3. The van der Waals surface area contributed by atoms with Gasteiger partial charge < -0.3 is 9.84 Å². The van der Waals surface area contributed by atoms with Gasteiger partial charge in [0.05, 0.1) is 5.69 Å². The van der Waals surface area contributed by atoms with Gasteiger partial charge in [-0.05, 0) is 42.8 Å². The lowest BCUT2D eigenvalue weighted by atomic mass is 10.1. The third kappa shape index (κ3) is 3.84. The van der Waals surface area contributed by atoms with Gasteiger partial charge in [-0.1, -0.05) is 17.9 Å². The van der Waals surface area contributed by atoms with Crippen molar-refractivity contribution in [1.82, 2.24) is 4.98 Å². The van der Waals surface area contributed by atoms with Crippen molar-refractivity contribution in [2.24, 2.45) is 0 Å². The zero-order valence-corrected chi connectivity index (χ0v) is 10.8. The summed E-state index contributed by atoms with van der Waals surface area (Å²) in [5, 5.41) is 8.68. The molecule has 0 spiro atoms. The number of rotatable bonds is 3. The number of benzene rings is 1. The molecule has 0 amide bonds. The molecule has 0 aliphatic heterocycles. The SMILES string of the molecule is Cc1cc(OCc2ccccn2)ccc1C#CCO. The van der Waals surface area contributed by atoms with Crippen LogP contribution in [0.2, 0.25) is 0 Å². The lowest BCUT2D eigenvalue weighted by Gasteiger charge is -2.07. The number of nitrogens with zero attached hydrogens (tertiary/aromatic N) is 1. The van der Waals surface area contributed by atoms with Gasteiger partial charge in [0.25, 0.3) is 0 Å². The fourth-order valence-corrected chi connectivity index (χ4v) is 1.64. The molecule has 3 nitrogen and oxygen atoms in total. The van der Waals surface area contributed by atoms with Crippen molar-refractivity contribution in [3.05, 3.63) is 59.4 Å². The maximum absolute atomic E-state index is 8.68. The molecule has 0 aliphatic carbocycles. The van der Waals surface area contributed by atoms with E-state index in [2.05, 4.69) is 16.8 Å². The van der Waals surface area contributed by atoms with E-state index in [-0.39, 0.29) is 6.61 Å². The van der Waals surface area contributed by atoms with Crippen LogP contribution in [0.4, 0.5) is 0 Å². The molecule has 1 heterocycles. The second kappa shape index (κ2) is 6.58. The molecule has 96 valence electrons. The quantitative estimate of drug-likeness (QED) is 0.854. The summed E-state index contributed by atoms with van der Waals surface area (Å²) in [6.45, 7) is 2.29. The first-order chi connectivity index (χ1) is 9.29. The highest BCUT2D eigenvalue weighted by molar-refractivity contribution is 5.44. The number of hydrogen-bond donors (Lipinski definition) is 1. The van der Waals surface area contributed by atoms with Crippen LogP contribution < -0.4 is 4.74 Å². The molecule has 0 atom stereocenters. The molecule has 1 aromatic carbocycles. The Morgan fingerprint density at radius 3 is 2.84 bits per heavy atom. The van der Waals surface area contributed by atoms with Crippen LogP contribution in [0.25, 0.3) is 0 Å². The number of aliphatic hydroxyl groups excluding tert-OH is 1. The van der Waals surface area contributed by atoms with Gasteiger partial charge in [0, 0.05) is 11.8 Å². The van der Waals surface area contributed by atoms with Gasteiger partial charge in [-0.2, -0.15) is 0 Å². The number of aliphatic hydroxyl groups is 1. The fraction of sp³-hybridized carbons (Fsp3) is 0.188. The van der Waals surface area contributed by atoms with Crippen LogP contribution in [-0.4, -0.2) is 16.7 Å². The molecule has 1 aromatic heterocycles. The van der Waals surface area contributed by atoms with Crippen LogP contribution >= 0.6 is 0 Å². The largest absolute Gasteiger partial charge is 0.487 e. The first kappa shape index (κ1) is 13.1. The summed E-state index contributed by atoms with van der Waals surface area (Å²) in [4.78, 5) is 4.20. The number of pyridine rings is 1. The zero-order chi connectivity index (χ0) is 13.5. The van der Waals surface area contributed by atoms with Gasteiger partial charge >= 0.3 is 0 Å². The molecule has 19 heavy (non-hydrogen) atoms. The van der Waals surface area contributed by atoms with E-state index in [9.17, 15) is 0 Å². The van der Waals surface area contributed by atoms with E-state index in [0.29, 0.717) is 6.61 Å². The van der Waals surface area contributed by atoms with Crippen molar-refractivity contribution in [2.75, 3.05) is 6.61 Å². The molecule has 2 aromatic rings. The molecule has 0 aliphatic rings. The molecule has 1 N–H and O–H groups in total. The number of aryl methyl sites for hydroxylation is 1. The second-order valence-corrected chi connectivity index (χ2v) is 4.05. The van der Waals surface area contributed by atoms with Gasteiger partial charge in [-0.25, -0.2) is 0 Å². The van der Waals surface area contributed by atoms with Crippen molar-refractivity contribution >= 4 is 0 Å². The summed E-state index contributed by atoms with van der Waals surface area (Å²) in [6.07, 6.45) is 1.75. The smallest absolute Gasteiger partial charge is 0.130 e. The summed E-state index contributed by atoms with van der Waals surface area (Å²) < 4.78 is 5.67. The lowest BCUT2D eigenvalue weighted by molar-refractivity contribution is 0.301. The molecule has 0 bridgehead atoms. The van der Waals surface area contributed by atoms with Crippen molar-refractivity contribution in [3.8, 4) is 17.6 Å². The Bertz CT molecular complexity index is 597. The van der Waals surface area contributed by atoms with Gasteiger partial charge in [0.2, 0.25) is 0 Å². The number of ether oxygens (including phenoxy) is 1. The molecule has 0 saturated carbocycles. The van der Waals surface area contributed by atoms with Crippen LogP contribution in [0.1, 0.15) is 16.8 Å². The van der Waals surface area contributed by atoms with Crippen molar-refractivity contribution in [3.63, 3.8) is 0 Å². The Kier molecular flexibility index (Phi) is 4.54. The Labute approximate surface area is 112 Å². The van der Waals surface area contributed by atoms with Crippen LogP contribution in [0, 0.1) is 18.8 Å². The summed E-state index contributed by atoms with van der Waals surface area (Å²) in [6, 6.07) is 11.4. The highest BCUT2D eigenvalue weighted by Crippen LogP contribution is 2.17. The van der Waals surface area contributed by atoms with Gasteiger partial charge in [0.1, 0.15) is 19.0 Å². The number of aromatic nitrogens is 1. The first-order valence-electron chi connectivity index (χ1n) is 6.02. The number of hydrogen-bond acceptors (Lipinski definition) is 3. The average Bonchev–Trinajstić information content (AvgIpc) is 2.45. The van der Waals surface area contributed by atoms with E-state index < -0.39 is 0 Å². The van der Waals surface area contributed by atoms with Crippen LogP contribution in [0.5, 0.6) is 5.75 Å². The van der Waals surface area contributed by atoms with E-state index in [1.54, 1.807) is 6.20 Å². The molecule has 0 saturated heterocycles. The predicted molar refractivity (Wildman–Crippen MR) is 73.7 cm³/mol.